The van der Waals surface area contributed by atoms with E-state index in [0.29, 0.717) is 75.8 Å². The summed E-state index contributed by atoms with van der Waals surface area (Å²) in [5, 5.41) is 8.78. The van der Waals surface area contributed by atoms with Crippen LogP contribution in [0.5, 0.6) is 17.2 Å². The summed E-state index contributed by atoms with van der Waals surface area (Å²) in [7, 11) is 1.65. The Morgan fingerprint density at radius 1 is 0.750 bits per heavy atom. The van der Waals surface area contributed by atoms with Gasteiger partial charge in [0.2, 0.25) is 0 Å². The van der Waals surface area contributed by atoms with Crippen molar-refractivity contribution in [3.63, 3.8) is 0 Å². The maximum Gasteiger partial charge on any atom is 0.314 e. The van der Waals surface area contributed by atoms with Gasteiger partial charge >= 0.3 is 11.9 Å². The summed E-state index contributed by atoms with van der Waals surface area (Å²) in [6.45, 7) is 2.26. The largest absolute Gasteiger partial charge is 0.494 e. The van der Waals surface area contributed by atoms with E-state index >= 15 is 0 Å². The molecule has 3 rings (SSSR count). The lowest BCUT2D eigenvalue weighted by molar-refractivity contribution is -0.145. The van der Waals surface area contributed by atoms with E-state index in [-0.39, 0.29) is 30.4 Å². The molecule has 2 aromatic rings. The molecule has 0 aromatic heterocycles. The molecule has 1 aliphatic rings. The van der Waals surface area contributed by atoms with Crippen molar-refractivity contribution in [2.45, 2.75) is 45.1 Å². The van der Waals surface area contributed by atoms with E-state index in [1.54, 1.807) is 43.5 Å². The summed E-state index contributed by atoms with van der Waals surface area (Å²) in [4.78, 5) is 25.2. The number of aliphatic hydroxyl groups excluding tert-OH is 1. The first-order chi connectivity index (χ1) is 17.6. The van der Waals surface area contributed by atoms with Crippen LogP contribution in [0.3, 0.4) is 0 Å². The topological polar surface area (TPSA) is 101 Å². The van der Waals surface area contributed by atoms with Crippen molar-refractivity contribution in [3.8, 4) is 17.2 Å². The smallest absolute Gasteiger partial charge is 0.314 e. The van der Waals surface area contributed by atoms with Crippen molar-refractivity contribution in [1.82, 2.24) is 0 Å². The van der Waals surface area contributed by atoms with Crippen molar-refractivity contribution >= 4 is 11.9 Å². The highest BCUT2D eigenvalue weighted by atomic mass is 16.5. The van der Waals surface area contributed by atoms with Gasteiger partial charge in [0.15, 0.2) is 0 Å². The predicted molar refractivity (Wildman–Crippen MR) is 133 cm³/mol. The number of esters is 2. The molecule has 8 heteroatoms. The average Bonchev–Trinajstić information content (AvgIpc) is 2.91. The maximum absolute atomic E-state index is 12.6. The Morgan fingerprint density at radius 3 is 1.81 bits per heavy atom. The highest BCUT2D eigenvalue weighted by molar-refractivity contribution is 5.77. The molecule has 8 nitrogen and oxygen atoms in total. The van der Waals surface area contributed by atoms with E-state index in [9.17, 15) is 9.59 Å². The van der Waals surface area contributed by atoms with Crippen LogP contribution >= 0.6 is 0 Å². The second kappa shape index (κ2) is 15.2. The lowest BCUT2D eigenvalue weighted by Gasteiger charge is -2.25. The number of rotatable bonds is 14. The molecule has 2 aromatic carbocycles. The molecule has 0 spiro atoms. The van der Waals surface area contributed by atoms with Crippen LogP contribution in [0.4, 0.5) is 0 Å². The average molecular weight is 501 g/mol. The zero-order valence-corrected chi connectivity index (χ0v) is 20.9. The summed E-state index contributed by atoms with van der Waals surface area (Å²) in [6.07, 6.45) is 3.76. The van der Waals surface area contributed by atoms with E-state index < -0.39 is 0 Å². The van der Waals surface area contributed by atoms with Crippen molar-refractivity contribution in [2.75, 3.05) is 33.5 Å². The Hall–Kier alpha value is -2.94. The number of carbonyl (C=O) groups excluding carboxylic acids is 2. The van der Waals surface area contributed by atoms with Crippen LogP contribution in [-0.4, -0.2) is 50.6 Å². The molecule has 0 radical (unpaired) electrons. The van der Waals surface area contributed by atoms with Gasteiger partial charge < -0.3 is 28.8 Å². The zero-order valence-electron chi connectivity index (χ0n) is 20.9. The predicted octanol–water partition coefficient (Wildman–Crippen LogP) is 4.32. The monoisotopic (exact) mass is 500 g/mol. The van der Waals surface area contributed by atoms with Gasteiger partial charge in [0.1, 0.15) is 17.2 Å². The summed E-state index contributed by atoms with van der Waals surface area (Å²) in [5.74, 6) is 0.683. The van der Waals surface area contributed by atoms with Crippen LogP contribution in [0.1, 0.15) is 44.1 Å². The molecule has 196 valence electrons. The second-order valence-electron chi connectivity index (χ2n) is 8.83. The Kier molecular flexibility index (Phi) is 11.7. The van der Waals surface area contributed by atoms with Gasteiger partial charge in [-0.15, -0.1) is 0 Å². The van der Waals surface area contributed by atoms with E-state index in [1.165, 1.54) is 0 Å². The Bertz CT molecular complexity index is 840. The number of methoxy groups -OCH3 is 1. The molecule has 1 fully saturated rings. The summed E-state index contributed by atoms with van der Waals surface area (Å²) < 4.78 is 27.2. The van der Waals surface area contributed by atoms with Crippen LogP contribution < -0.4 is 14.2 Å². The quantitative estimate of drug-likeness (QED) is 0.233. The van der Waals surface area contributed by atoms with Crippen LogP contribution in [0, 0.1) is 11.8 Å². The standard InChI is InChI=1S/C28H36O8/c1-32-17-3-19-34-24-12-14-26(15-13-24)36-28(31)23-8-6-22(7-9-23)27(30)35-25-10-4-21(5-11-25)20-33-18-2-16-29/h4-5,10-15,22-23,29H,2-3,6-9,16-20H2,1H3/t22-,23-. The molecule has 1 aliphatic carbocycles. The fraction of sp³-hybridized carbons (Fsp3) is 0.500. The molecule has 36 heavy (non-hydrogen) atoms. The van der Waals surface area contributed by atoms with Crippen molar-refractivity contribution < 1.29 is 38.4 Å². The Labute approximate surface area is 212 Å². The van der Waals surface area contributed by atoms with Crippen LogP contribution in [0.2, 0.25) is 0 Å². The fourth-order valence-corrected chi connectivity index (χ4v) is 3.97. The number of hydrogen-bond donors (Lipinski definition) is 1. The summed E-state index contributed by atoms with van der Waals surface area (Å²) >= 11 is 0. The zero-order chi connectivity index (χ0) is 25.6. The van der Waals surface area contributed by atoms with Gasteiger partial charge in [0.25, 0.3) is 0 Å². The number of ether oxygens (including phenoxy) is 5. The normalized spacial score (nSPS) is 17.4. The van der Waals surface area contributed by atoms with Crippen molar-refractivity contribution in [2.24, 2.45) is 11.8 Å². The Morgan fingerprint density at radius 2 is 1.28 bits per heavy atom. The highest BCUT2D eigenvalue weighted by Gasteiger charge is 2.32. The number of benzene rings is 2. The third-order valence-corrected chi connectivity index (χ3v) is 6.05. The number of hydrogen-bond acceptors (Lipinski definition) is 8. The van der Waals surface area contributed by atoms with Gasteiger partial charge in [-0.2, -0.15) is 0 Å². The highest BCUT2D eigenvalue weighted by Crippen LogP contribution is 2.31. The maximum atomic E-state index is 12.6. The van der Waals surface area contributed by atoms with Crippen LogP contribution in [0.25, 0.3) is 0 Å². The first-order valence-electron chi connectivity index (χ1n) is 12.5. The first kappa shape index (κ1) is 27.6. The van der Waals surface area contributed by atoms with Crippen LogP contribution in [0.15, 0.2) is 48.5 Å². The van der Waals surface area contributed by atoms with Gasteiger partial charge in [0, 0.05) is 33.4 Å². The van der Waals surface area contributed by atoms with Gasteiger partial charge in [-0.1, -0.05) is 12.1 Å². The summed E-state index contributed by atoms with van der Waals surface area (Å²) in [6, 6.07) is 14.2. The molecule has 1 saturated carbocycles. The molecular formula is C28H36O8. The molecule has 1 N–H and O–H groups in total. The third-order valence-electron chi connectivity index (χ3n) is 6.05. The van der Waals surface area contributed by atoms with Crippen molar-refractivity contribution in [1.29, 1.82) is 0 Å². The Balaban J connectivity index is 1.37. The fourth-order valence-electron chi connectivity index (χ4n) is 3.97. The van der Waals surface area contributed by atoms with Crippen LogP contribution in [-0.2, 0) is 25.7 Å². The van der Waals surface area contributed by atoms with E-state index in [1.807, 2.05) is 12.1 Å². The first-order valence-corrected chi connectivity index (χ1v) is 12.5. The van der Waals surface area contributed by atoms with Gasteiger partial charge in [-0.05, 0) is 74.1 Å². The van der Waals surface area contributed by atoms with Gasteiger partial charge in [0.05, 0.1) is 25.0 Å². The minimum absolute atomic E-state index is 0.109. The molecule has 0 aliphatic heterocycles. The number of aliphatic hydroxyl groups is 1. The molecule has 0 unspecified atom stereocenters. The third kappa shape index (κ3) is 9.26. The van der Waals surface area contributed by atoms with Gasteiger partial charge in [-0.3, -0.25) is 9.59 Å². The molecular weight excluding hydrogens is 464 g/mol. The molecule has 0 atom stereocenters. The van der Waals surface area contributed by atoms with E-state index in [0.717, 1.165) is 12.0 Å². The second-order valence-corrected chi connectivity index (χ2v) is 8.83. The number of carbonyl (C=O) groups is 2. The lowest BCUT2D eigenvalue weighted by atomic mass is 9.82. The minimum atomic E-state index is -0.271. The lowest BCUT2D eigenvalue weighted by Crippen LogP contribution is -2.30. The summed E-state index contributed by atoms with van der Waals surface area (Å²) in [5.41, 5.74) is 0.969. The molecule has 0 heterocycles. The van der Waals surface area contributed by atoms with Crippen molar-refractivity contribution in [3.05, 3.63) is 54.1 Å². The van der Waals surface area contributed by atoms with E-state index in [4.69, 9.17) is 28.8 Å². The molecule has 0 saturated heterocycles. The molecule has 0 amide bonds. The SMILES string of the molecule is COCCCOc1ccc(OC(=O)[C@H]2CC[C@H](C(=O)Oc3ccc(COCCCO)cc3)CC2)cc1. The minimum Gasteiger partial charge on any atom is -0.494 e. The molecule has 0 bridgehead atoms. The van der Waals surface area contributed by atoms with E-state index in [2.05, 4.69) is 0 Å². The van der Waals surface area contributed by atoms with Gasteiger partial charge in [-0.25, -0.2) is 0 Å².